The summed E-state index contributed by atoms with van der Waals surface area (Å²) in [6, 6.07) is 8.89. The minimum absolute atomic E-state index is 0.107. The maximum absolute atomic E-state index is 13.1. The van der Waals surface area contributed by atoms with Crippen LogP contribution in [-0.2, 0) is 39.2 Å². The van der Waals surface area contributed by atoms with Crippen molar-refractivity contribution in [3.63, 3.8) is 0 Å². The fourth-order valence-corrected chi connectivity index (χ4v) is 4.10. The molecule has 170 valence electrons. The van der Waals surface area contributed by atoms with E-state index >= 15 is 0 Å². The predicted molar refractivity (Wildman–Crippen MR) is 112 cm³/mol. The average Bonchev–Trinajstić information content (AvgIpc) is 3.39. The number of aryl methyl sites for hydroxylation is 1. The molecule has 2 aromatic heterocycles. The molecule has 1 atom stereocenters. The van der Waals surface area contributed by atoms with Crippen molar-refractivity contribution >= 4 is 5.91 Å². The SMILES string of the molecule is CN(Cc1ccco1)C(=O)c1nn(C)c2c1C[C@H](NCc1ccc(C(F)(F)F)cc1)CC2. The number of furan rings is 1. The molecule has 2 heterocycles. The number of carbonyl (C=O) groups excluding carboxylic acids is 1. The van der Waals surface area contributed by atoms with Crippen LogP contribution in [0.15, 0.2) is 47.1 Å². The summed E-state index contributed by atoms with van der Waals surface area (Å²) in [5.74, 6) is 0.531. The number of fused-ring (bicyclic) bond motifs is 1. The highest BCUT2D eigenvalue weighted by atomic mass is 19.4. The lowest BCUT2D eigenvalue weighted by Crippen LogP contribution is -2.35. The molecule has 32 heavy (non-hydrogen) atoms. The number of rotatable bonds is 6. The zero-order valence-electron chi connectivity index (χ0n) is 17.9. The smallest absolute Gasteiger partial charge is 0.416 e. The predicted octanol–water partition coefficient (Wildman–Crippen LogP) is 3.95. The molecule has 0 aliphatic heterocycles. The van der Waals surface area contributed by atoms with Gasteiger partial charge in [-0.2, -0.15) is 18.3 Å². The molecule has 3 aromatic rings. The van der Waals surface area contributed by atoms with Crippen LogP contribution in [0.2, 0.25) is 0 Å². The van der Waals surface area contributed by atoms with Crippen LogP contribution in [0.25, 0.3) is 0 Å². The Hall–Kier alpha value is -3.07. The van der Waals surface area contributed by atoms with Gasteiger partial charge < -0.3 is 14.6 Å². The van der Waals surface area contributed by atoms with E-state index in [0.29, 0.717) is 31.0 Å². The molecule has 0 unspecified atom stereocenters. The first-order chi connectivity index (χ1) is 15.2. The van der Waals surface area contributed by atoms with Gasteiger partial charge >= 0.3 is 6.18 Å². The summed E-state index contributed by atoms with van der Waals surface area (Å²) < 4.78 is 45.3. The minimum atomic E-state index is -4.33. The van der Waals surface area contributed by atoms with Crippen molar-refractivity contribution < 1.29 is 22.4 Å². The number of halogens is 3. The van der Waals surface area contributed by atoms with Crippen LogP contribution in [-0.4, -0.2) is 33.7 Å². The maximum atomic E-state index is 13.1. The summed E-state index contributed by atoms with van der Waals surface area (Å²) in [6.07, 6.45) is -0.483. The number of carbonyl (C=O) groups is 1. The van der Waals surface area contributed by atoms with E-state index in [9.17, 15) is 18.0 Å². The molecule has 1 aliphatic rings. The number of benzene rings is 1. The number of nitrogens with zero attached hydrogens (tertiary/aromatic N) is 3. The highest BCUT2D eigenvalue weighted by Gasteiger charge is 2.31. The van der Waals surface area contributed by atoms with Gasteiger partial charge in [-0.3, -0.25) is 9.48 Å². The molecule has 1 amide bonds. The van der Waals surface area contributed by atoms with Crippen LogP contribution in [0.5, 0.6) is 0 Å². The lowest BCUT2D eigenvalue weighted by Gasteiger charge is -2.25. The third-order valence-electron chi connectivity index (χ3n) is 5.85. The van der Waals surface area contributed by atoms with Crippen LogP contribution in [0.3, 0.4) is 0 Å². The van der Waals surface area contributed by atoms with E-state index in [-0.39, 0.29) is 11.9 Å². The summed E-state index contributed by atoms with van der Waals surface area (Å²) in [4.78, 5) is 14.6. The van der Waals surface area contributed by atoms with Crippen molar-refractivity contribution in [2.75, 3.05) is 7.05 Å². The Morgan fingerprint density at radius 1 is 1.28 bits per heavy atom. The fraction of sp³-hybridized carbons (Fsp3) is 0.391. The van der Waals surface area contributed by atoms with Gasteiger partial charge in [0.15, 0.2) is 5.69 Å². The number of aromatic nitrogens is 2. The average molecular weight is 446 g/mol. The summed E-state index contributed by atoms with van der Waals surface area (Å²) in [5, 5.41) is 7.91. The molecule has 0 bridgehead atoms. The van der Waals surface area contributed by atoms with Gasteiger partial charge in [-0.1, -0.05) is 12.1 Å². The molecule has 0 radical (unpaired) electrons. The van der Waals surface area contributed by atoms with Crippen molar-refractivity contribution in [2.45, 2.75) is 44.6 Å². The lowest BCUT2D eigenvalue weighted by molar-refractivity contribution is -0.137. The Labute approximate surface area is 184 Å². The molecule has 4 rings (SSSR count). The van der Waals surface area contributed by atoms with E-state index in [2.05, 4.69) is 10.4 Å². The maximum Gasteiger partial charge on any atom is 0.416 e. The summed E-state index contributed by atoms with van der Waals surface area (Å²) in [6.45, 7) is 0.812. The second-order valence-corrected chi connectivity index (χ2v) is 8.15. The van der Waals surface area contributed by atoms with E-state index in [1.165, 1.54) is 12.1 Å². The van der Waals surface area contributed by atoms with Gasteiger partial charge in [0.05, 0.1) is 18.4 Å². The Bertz CT molecular complexity index is 1070. The molecular formula is C23H25F3N4O2. The molecule has 0 spiro atoms. The highest BCUT2D eigenvalue weighted by Crippen LogP contribution is 2.29. The summed E-state index contributed by atoms with van der Waals surface area (Å²) in [5.41, 5.74) is 2.55. The van der Waals surface area contributed by atoms with Gasteiger partial charge in [0.25, 0.3) is 5.91 Å². The van der Waals surface area contributed by atoms with Crippen molar-refractivity contribution in [3.8, 4) is 0 Å². The van der Waals surface area contributed by atoms with Crippen LogP contribution >= 0.6 is 0 Å². The van der Waals surface area contributed by atoms with Crippen LogP contribution < -0.4 is 5.32 Å². The zero-order chi connectivity index (χ0) is 22.9. The monoisotopic (exact) mass is 446 g/mol. The zero-order valence-corrected chi connectivity index (χ0v) is 17.9. The second-order valence-electron chi connectivity index (χ2n) is 8.15. The van der Waals surface area contributed by atoms with Crippen molar-refractivity contribution in [3.05, 3.63) is 76.5 Å². The summed E-state index contributed by atoms with van der Waals surface area (Å²) in [7, 11) is 3.56. The second kappa shape index (κ2) is 8.82. The number of hydrogen-bond acceptors (Lipinski definition) is 4. The largest absolute Gasteiger partial charge is 0.467 e. The molecule has 1 aliphatic carbocycles. The Balaban J connectivity index is 1.42. The van der Waals surface area contributed by atoms with Gasteiger partial charge in [-0.15, -0.1) is 0 Å². The highest BCUT2D eigenvalue weighted by molar-refractivity contribution is 5.94. The third kappa shape index (κ3) is 4.72. The first kappa shape index (κ1) is 22.1. The van der Waals surface area contributed by atoms with Crippen LogP contribution in [0, 0.1) is 0 Å². The molecule has 9 heteroatoms. The van der Waals surface area contributed by atoms with E-state index in [1.54, 1.807) is 29.0 Å². The normalized spacial score (nSPS) is 16.1. The standard InChI is InChI=1S/C23H25F3N4O2/c1-29(14-18-4-3-11-32-18)22(31)21-19-12-17(9-10-20(19)30(2)28-21)27-13-15-5-7-16(8-6-15)23(24,25)26/h3-8,11,17,27H,9-10,12-14H2,1-2H3/t17-/m1/s1. The number of amides is 1. The molecule has 0 saturated heterocycles. The van der Waals surface area contributed by atoms with Gasteiger partial charge in [0.1, 0.15) is 5.76 Å². The molecule has 0 saturated carbocycles. The van der Waals surface area contributed by atoms with Gasteiger partial charge in [0.2, 0.25) is 0 Å². The Kier molecular flexibility index (Phi) is 6.10. The number of hydrogen-bond donors (Lipinski definition) is 1. The number of nitrogens with one attached hydrogen (secondary N) is 1. The molecule has 0 fully saturated rings. The molecule has 6 nitrogen and oxygen atoms in total. The minimum Gasteiger partial charge on any atom is -0.467 e. The van der Waals surface area contributed by atoms with E-state index in [4.69, 9.17) is 4.42 Å². The Morgan fingerprint density at radius 2 is 2.03 bits per heavy atom. The molecule has 1 aromatic carbocycles. The van der Waals surface area contributed by atoms with Crippen molar-refractivity contribution in [1.29, 1.82) is 0 Å². The molecular weight excluding hydrogens is 421 g/mol. The molecule has 1 N–H and O–H groups in total. The van der Waals surface area contributed by atoms with E-state index < -0.39 is 11.7 Å². The first-order valence-electron chi connectivity index (χ1n) is 10.4. The topological polar surface area (TPSA) is 63.3 Å². The van der Waals surface area contributed by atoms with Gasteiger partial charge in [0, 0.05) is 37.9 Å². The van der Waals surface area contributed by atoms with Crippen LogP contribution in [0.4, 0.5) is 13.2 Å². The first-order valence-corrected chi connectivity index (χ1v) is 10.4. The van der Waals surface area contributed by atoms with E-state index in [1.807, 2.05) is 13.1 Å². The van der Waals surface area contributed by atoms with Crippen molar-refractivity contribution in [1.82, 2.24) is 20.0 Å². The van der Waals surface area contributed by atoms with Gasteiger partial charge in [-0.05, 0) is 49.1 Å². The quantitative estimate of drug-likeness (QED) is 0.623. The summed E-state index contributed by atoms with van der Waals surface area (Å²) >= 11 is 0. The van der Waals surface area contributed by atoms with Crippen molar-refractivity contribution in [2.24, 2.45) is 7.05 Å². The Morgan fingerprint density at radius 3 is 2.69 bits per heavy atom. The van der Waals surface area contributed by atoms with Crippen LogP contribution in [0.1, 0.15) is 45.1 Å². The van der Waals surface area contributed by atoms with E-state index in [0.717, 1.165) is 41.8 Å². The lowest BCUT2D eigenvalue weighted by atomic mass is 9.91. The van der Waals surface area contributed by atoms with Gasteiger partial charge in [-0.25, -0.2) is 0 Å². The fourth-order valence-electron chi connectivity index (χ4n) is 4.10. The third-order valence-corrected chi connectivity index (χ3v) is 5.85. The number of alkyl halides is 3.